The number of nitrogens with one attached hydrogen (secondary N) is 1. The van der Waals surface area contributed by atoms with Crippen LogP contribution in [0.4, 0.5) is 5.69 Å². The monoisotopic (exact) mass is 278 g/mol. The Hall–Kier alpha value is -3.38. The van der Waals surface area contributed by atoms with E-state index in [1.54, 1.807) is 30.3 Å². The molecule has 0 amide bonds. The summed E-state index contributed by atoms with van der Waals surface area (Å²) < 4.78 is 4.73. The highest BCUT2D eigenvalue weighted by molar-refractivity contribution is 6.11. The van der Waals surface area contributed by atoms with Crippen molar-refractivity contribution in [1.29, 1.82) is 10.5 Å². The molecule has 0 spiro atoms. The lowest BCUT2D eigenvalue weighted by atomic mass is 10.0. The van der Waals surface area contributed by atoms with Crippen LogP contribution in [0.1, 0.15) is 10.4 Å². The average molecular weight is 278 g/mol. The van der Waals surface area contributed by atoms with E-state index < -0.39 is 5.97 Å². The van der Waals surface area contributed by atoms with Crippen LogP contribution >= 0.6 is 0 Å². The average Bonchev–Trinajstić information content (AvgIpc) is 2.54. The van der Waals surface area contributed by atoms with Crippen molar-refractivity contribution in [2.24, 2.45) is 5.10 Å². The Morgan fingerprint density at radius 3 is 2.57 bits per heavy atom. The number of hydrazone groups is 1. The van der Waals surface area contributed by atoms with Crippen molar-refractivity contribution in [2.45, 2.75) is 0 Å². The Kier molecular flexibility index (Phi) is 4.13. The number of hydrogen-bond acceptors (Lipinski definition) is 6. The zero-order chi connectivity index (χ0) is 15.2. The van der Waals surface area contributed by atoms with Crippen LogP contribution in [0.3, 0.4) is 0 Å². The van der Waals surface area contributed by atoms with Crippen LogP contribution in [0.5, 0.6) is 0 Å². The lowest BCUT2D eigenvalue weighted by molar-refractivity contribution is 0.0602. The molecule has 0 saturated carbocycles. The molecule has 0 aliphatic carbocycles. The molecule has 21 heavy (non-hydrogen) atoms. The van der Waals surface area contributed by atoms with Gasteiger partial charge in [0.15, 0.2) is 0 Å². The number of esters is 1. The van der Waals surface area contributed by atoms with Crippen LogP contribution < -0.4 is 5.43 Å². The number of nitriles is 2. The first-order valence-corrected chi connectivity index (χ1v) is 5.95. The maximum atomic E-state index is 11.8. The molecular formula is C15H10N4O2. The van der Waals surface area contributed by atoms with Crippen molar-refractivity contribution in [3.05, 3.63) is 42.0 Å². The fraction of sp³-hybridized carbons (Fsp3) is 0.0667. The van der Waals surface area contributed by atoms with Crippen molar-refractivity contribution in [2.75, 3.05) is 12.5 Å². The summed E-state index contributed by atoms with van der Waals surface area (Å²) in [7, 11) is 1.28. The number of hydrogen-bond donors (Lipinski definition) is 1. The first kappa shape index (κ1) is 14.0. The molecular weight excluding hydrogens is 268 g/mol. The van der Waals surface area contributed by atoms with Gasteiger partial charge in [-0.15, -0.1) is 0 Å². The first-order valence-electron chi connectivity index (χ1n) is 5.95. The summed E-state index contributed by atoms with van der Waals surface area (Å²) in [5.41, 5.74) is 2.95. The largest absolute Gasteiger partial charge is 0.465 e. The van der Waals surface area contributed by atoms with Gasteiger partial charge < -0.3 is 4.74 Å². The Morgan fingerprint density at radius 2 is 1.90 bits per heavy atom. The molecule has 0 atom stereocenters. The quantitative estimate of drug-likeness (QED) is 0.528. The Balaban J connectivity index is 2.62. The minimum atomic E-state index is -0.533. The molecule has 2 aromatic rings. The van der Waals surface area contributed by atoms with Crippen LogP contribution in [-0.2, 0) is 4.74 Å². The third-order valence-corrected chi connectivity index (χ3v) is 2.83. The number of anilines is 1. The van der Waals surface area contributed by atoms with Crippen LogP contribution in [0.25, 0.3) is 10.8 Å². The molecule has 0 heterocycles. The van der Waals surface area contributed by atoms with Gasteiger partial charge in [0.1, 0.15) is 12.1 Å². The SMILES string of the molecule is COC(=O)c1ccc2ccccc2c1NN=C(C#N)C#N. The second kappa shape index (κ2) is 6.18. The van der Waals surface area contributed by atoms with Gasteiger partial charge in [-0.3, -0.25) is 5.43 Å². The fourth-order valence-corrected chi connectivity index (χ4v) is 1.86. The van der Waals surface area contributed by atoms with Gasteiger partial charge in [-0.05, 0) is 11.5 Å². The highest BCUT2D eigenvalue weighted by Crippen LogP contribution is 2.28. The first-order chi connectivity index (χ1) is 10.2. The van der Waals surface area contributed by atoms with E-state index in [9.17, 15) is 4.79 Å². The molecule has 0 unspecified atom stereocenters. The summed E-state index contributed by atoms with van der Waals surface area (Å²) in [4.78, 5) is 11.8. The summed E-state index contributed by atoms with van der Waals surface area (Å²) in [6, 6.07) is 14.0. The van der Waals surface area contributed by atoms with E-state index in [0.717, 1.165) is 10.8 Å². The number of benzene rings is 2. The van der Waals surface area contributed by atoms with Gasteiger partial charge >= 0.3 is 5.97 Å². The molecule has 0 bridgehead atoms. The molecule has 6 heteroatoms. The van der Waals surface area contributed by atoms with Crippen LogP contribution in [-0.4, -0.2) is 18.8 Å². The van der Waals surface area contributed by atoms with Crippen molar-refractivity contribution >= 4 is 28.1 Å². The van der Waals surface area contributed by atoms with Gasteiger partial charge in [-0.25, -0.2) is 4.79 Å². The summed E-state index contributed by atoms with van der Waals surface area (Å²) in [5.74, 6) is -0.533. The zero-order valence-electron chi connectivity index (χ0n) is 11.1. The molecule has 102 valence electrons. The van der Waals surface area contributed by atoms with Crippen molar-refractivity contribution < 1.29 is 9.53 Å². The molecule has 0 saturated heterocycles. The normalized spacial score (nSPS) is 9.29. The minimum absolute atomic E-state index is 0.273. The van der Waals surface area contributed by atoms with Crippen molar-refractivity contribution in [3.8, 4) is 12.1 Å². The van der Waals surface area contributed by atoms with E-state index in [-0.39, 0.29) is 11.3 Å². The van der Waals surface area contributed by atoms with Gasteiger partial charge in [0, 0.05) is 5.39 Å². The maximum Gasteiger partial charge on any atom is 0.340 e. The number of carbonyl (C=O) groups excluding carboxylic acids is 1. The molecule has 0 aliphatic rings. The standard InChI is InChI=1S/C15H10N4O2/c1-21-15(20)13-7-6-10-4-2-3-5-12(10)14(13)19-18-11(8-16)9-17/h2-7,19H,1H3. The van der Waals surface area contributed by atoms with E-state index in [0.29, 0.717) is 5.69 Å². The number of nitrogens with zero attached hydrogens (tertiary/aromatic N) is 3. The number of methoxy groups -OCH3 is 1. The number of ether oxygens (including phenoxy) is 1. The minimum Gasteiger partial charge on any atom is -0.465 e. The number of rotatable bonds is 3. The molecule has 0 aliphatic heterocycles. The number of fused-ring (bicyclic) bond motifs is 1. The van der Waals surface area contributed by atoms with E-state index in [1.807, 2.05) is 18.2 Å². The van der Waals surface area contributed by atoms with E-state index >= 15 is 0 Å². The summed E-state index contributed by atoms with van der Waals surface area (Å²) >= 11 is 0. The van der Waals surface area contributed by atoms with Crippen LogP contribution in [0, 0.1) is 22.7 Å². The third-order valence-electron chi connectivity index (χ3n) is 2.83. The molecule has 1 N–H and O–H groups in total. The molecule has 2 aromatic carbocycles. The van der Waals surface area contributed by atoms with Gasteiger partial charge in [0.05, 0.1) is 18.4 Å². The van der Waals surface area contributed by atoms with Crippen LogP contribution in [0.2, 0.25) is 0 Å². The lowest BCUT2D eigenvalue weighted by Crippen LogP contribution is -2.07. The van der Waals surface area contributed by atoms with Crippen molar-refractivity contribution in [3.63, 3.8) is 0 Å². The lowest BCUT2D eigenvalue weighted by Gasteiger charge is -2.10. The van der Waals surface area contributed by atoms with Gasteiger partial charge in [-0.1, -0.05) is 30.3 Å². The Bertz CT molecular complexity index is 797. The predicted molar refractivity (Wildman–Crippen MR) is 77.6 cm³/mol. The highest BCUT2D eigenvalue weighted by atomic mass is 16.5. The second-order valence-electron chi connectivity index (χ2n) is 4.00. The van der Waals surface area contributed by atoms with Crippen molar-refractivity contribution in [1.82, 2.24) is 0 Å². The summed E-state index contributed by atoms with van der Waals surface area (Å²) in [6.07, 6.45) is 0. The summed E-state index contributed by atoms with van der Waals surface area (Å²) in [6.45, 7) is 0. The molecule has 0 aromatic heterocycles. The molecule has 6 nitrogen and oxygen atoms in total. The van der Waals surface area contributed by atoms with E-state index in [1.165, 1.54) is 7.11 Å². The van der Waals surface area contributed by atoms with E-state index in [2.05, 4.69) is 10.5 Å². The van der Waals surface area contributed by atoms with E-state index in [4.69, 9.17) is 15.3 Å². The highest BCUT2D eigenvalue weighted by Gasteiger charge is 2.14. The molecule has 0 radical (unpaired) electrons. The predicted octanol–water partition coefficient (Wildman–Crippen LogP) is 2.44. The smallest absolute Gasteiger partial charge is 0.340 e. The van der Waals surface area contributed by atoms with Crippen LogP contribution in [0.15, 0.2) is 41.5 Å². The van der Waals surface area contributed by atoms with Gasteiger partial charge in [0.25, 0.3) is 0 Å². The molecule has 0 fully saturated rings. The Labute approximate surface area is 120 Å². The van der Waals surface area contributed by atoms with Gasteiger partial charge in [0.2, 0.25) is 5.71 Å². The van der Waals surface area contributed by atoms with Gasteiger partial charge in [-0.2, -0.15) is 15.6 Å². The Morgan fingerprint density at radius 1 is 1.19 bits per heavy atom. The summed E-state index contributed by atoms with van der Waals surface area (Å²) in [5, 5.41) is 22.7. The second-order valence-corrected chi connectivity index (χ2v) is 4.00. The fourth-order valence-electron chi connectivity index (χ4n) is 1.86. The molecule has 2 rings (SSSR count). The maximum absolute atomic E-state index is 11.8. The zero-order valence-corrected chi connectivity index (χ0v) is 11.1. The topological polar surface area (TPSA) is 98.3 Å². The number of carbonyl (C=O) groups is 1. The third kappa shape index (κ3) is 2.80.